The first-order chi connectivity index (χ1) is 9.97. The average Bonchev–Trinajstić information content (AvgIpc) is 2.47. The topological polar surface area (TPSA) is 33.7 Å². The van der Waals surface area contributed by atoms with E-state index in [2.05, 4.69) is 5.32 Å². The standard InChI is InChI=1S/C14H19F3N2O2.ClH/c1-20-10-3-4-11(12(9-10)21-2)13(14(15,16)17)19-7-5-18-6-8-19;/h3-4,9,13,18H,5-8H2,1-2H3;1H/t13-;/m0./s1. The minimum atomic E-state index is -4.36. The van der Waals surface area contributed by atoms with Crippen LogP contribution in [0, 0.1) is 0 Å². The number of hydrogen-bond donors (Lipinski definition) is 1. The number of piperazine rings is 1. The summed E-state index contributed by atoms with van der Waals surface area (Å²) in [5.41, 5.74) is 0.118. The van der Waals surface area contributed by atoms with E-state index in [1.165, 1.54) is 37.3 Å². The van der Waals surface area contributed by atoms with Crippen molar-refractivity contribution in [1.82, 2.24) is 10.2 Å². The molecule has 4 nitrogen and oxygen atoms in total. The number of nitrogens with one attached hydrogen (secondary N) is 1. The van der Waals surface area contributed by atoms with Gasteiger partial charge in [0.15, 0.2) is 0 Å². The van der Waals surface area contributed by atoms with E-state index in [0.29, 0.717) is 31.9 Å². The molecule has 0 aliphatic carbocycles. The van der Waals surface area contributed by atoms with Gasteiger partial charge in [0.1, 0.15) is 17.5 Å². The summed E-state index contributed by atoms with van der Waals surface area (Å²) in [6.45, 7) is 1.79. The summed E-state index contributed by atoms with van der Waals surface area (Å²) in [5, 5.41) is 3.06. The molecule has 0 saturated carbocycles. The summed E-state index contributed by atoms with van der Waals surface area (Å²) in [6, 6.07) is 2.77. The number of nitrogens with zero attached hydrogens (tertiary/aromatic N) is 1. The van der Waals surface area contributed by atoms with Gasteiger partial charge in [0.2, 0.25) is 0 Å². The number of benzene rings is 1. The van der Waals surface area contributed by atoms with Crippen LogP contribution in [-0.2, 0) is 0 Å². The van der Waals surface area contributed by atoms with Crippen molar-refractivity contribution in [3.8, 4) is 11.5 Å². The van der Waals surface area contributed by atoms with Gasteiger partial charge in [-0.3, -0.25) is 4.90 Å². The van der Waals surface area contributed by atoms with Gasteiger partial charge in [0, 0.05) is 37.8 Å². The third kappa shape index (κ3) is 4.18. The van der Waals surface area contributed by atoms with Crippen LogP contribution in [0.3, 0.4) is 0 Å². The Bertz CT molecular complexity index is 480. The zero-order valence-electron chi connectivity index (χ0n) is 12.4. The van der Waals surface area contributed by atoms with E-state index in [-0.39, 0.29) is 23.7 Å². The van der Waals surface area contributed by atoms with Crippen molar-refractivity contribution in [2.75, 3.05) is 40.4 Å². The molecule has 1 aliphatic heterocycles. The third-order valence-electron chi connectivity index (χ3n) is 3.56. The summed E-state index contributed by atoms with van der Waals surface area (Å²) in [5.74, 6) is 0.659. The van der Waals surface area contributed by atoms with Gasteiger partial charge in [-0.25, -0.2) is 0 Å². The van der Waals surface area contributed by atoms with E-state index in [1.807, 2.05) is 0 Å². The van der Waals surface area contributed by atoms with Crippen molar-refractivity contribution < 1.29 is 22.6 Å². The van der Waals surface area contributed by atoms with E-state index in [1.54, 1.807) is 0 Å². The van der Waals surface area contributed by atoms with E-state index in [9.17, 15) is 13.2 Å². The Morgan fingerprint density at radius 2 is 1.77 bits per heavy atom. The summed E-state index contributed by atoms with van der Waals surface area (Å²) < 4.78 is 50.8. The molecule has 1 aromatic carbocycles. The Labute approximate surface area is 134 Å². The number of methoxy groups -OCH3 is 2. The molecule has 2 rings (SSSR count). The minimum Gasteiger partial charge on any atom is -0.497 e. The van der Waals surface area contributed by atoms with Gasteiger partial charge in [-0.2, -0.15) is 13.2 Å². The molecule has 0 spiro atoms. The lowest BCUT2D eigenvalue weighted by Crippen LogP contribution is -2.49. The molecular weight excluding hydrogens is 321 g/mol. The van der Waals surface area contributed by atoms with Crippen LogP contribution in [-0.4, -0.2) is 51.5 Å². The van der Waals surface area contributed by atoms with Crippen molar-refractivity contribution >= 4 is 12.4 Å². The number of alkyl halides is 3. The van der Waals surface area contributed by atoms with Gasteiger partial charge in [-0.1, -0.05) is 0 Å². The molecule has 1 fully saturated rings. The largest absolute Gasteiger partial charge is 0.497 e. The van der Waals surface area contributed by atoms with Crippen molar-refractivity contribution in [2.45, 2.75) is 12.2 Å². The second-order valence-electron chi connectivity index (χ2n) is 4.84. The van der Waals surface area contributed by atoms with Gasteiger partial charge in [-0.15, -0.1) is 12.4 Å². The first-order valence-corrected chi connectivity index (χ1v) is 6.70. The van der Waals surface area contributed by atoms with Gasteiger partial charge in [-0.05, 0) is 12.1 Å². The zero-order valence-corrected chi connectivity index (χ0v) is 13.3. The quantitative estimate of drug-likeness (QED) is 0.913. The van der Waals surface area contributed by atoms with Crippen LogP contribution in [0.1, 0.15) is 11.6 Å². The van der Waals surface area contributed by atoms with Crippen LogP contribution >= 0.6 is 12.4 Å². The highest BCUT2D eigenvalue weighted by molar-refractivity contribution is 5.85. The van der Waals surface area contributed by atoms with Crippen molar-refractivity contribution in [3.05, 3.63) is 23.8 Å². The molecule has 1 atom stereocenters. The highest BCUT2D eigenvalue weighted by Crippen LogP contribution is 2.42. The van der Waals surface area contributed by atoms with Crippen LogP contribution < -0.4 is 14.8 Å². The molecule has 0 unspecified atom stereocenters. The summed E-state index contributed by atoms with van der Waals surface area (Å²) >= 11 is 0. The molecule has 1 saturated heterocycles. The Morgan fingerprint density at radius 1 is 1.14 bits per heavy atom. The molecule has 0 radical (unpaired) electrons. The lowest BCUT2D eigenvalue weighted by Gasteiger charge is -2.36. The maximum Gasteiger partial charge on any atom is 0.408 e. The summed E-state index contributed by atoms with van der Waals surface area (Å²) in [6.07, 6.45) is -4.36. The molecule has 1 heterocycles. The molecule has 1 aromatic rings. The fourth-order valence-electron chi connectivity index (χ4n) is 2.56. The van der Waals surface area contributed by atoms with Crippen LogP contribution in [0.15, 0.2) is 18.2 Å². The van der Waals surface area contributed by atoms with Gasteiger partial charge >= 0.3 is 6.18 Å². The average molecular weight is 341 g/mol. The number of halogens is 4. The summed E-state index contributed by atoms with van der Waals surface area (Å²) in [7, 11) is 2.83. The van der Waals surface area contributed by atoms with E-state index in [4.69, 9.17) is 9.47 Å². The Morgan fingerprint density at radius 3 is 2.27 bits per heavy atom. The number of ether oxygens (including phenoxy) is 2. The zero-order chi connectivity index (χ0) is 15.5. The van der Waals surface area contributed by atoms with Crippen LogP contribution in [0.25, 0.3) is 0 Å². The molecule has 0 bridgehead atoms. The first-order valence-electron chi connectivity index (χ1n) is 6.70. The lowest BCUT2D eigenvalue weighted by molar-refractivity contribution is -0.188. The van der Waals surface area contributed by atoms with Crippen molar-refractivity contribution in [1.29, 1.82) is 0 Å². The van der Waals surface area contributed by atoms with Crippen molar-refractivity contribution in [3.63, 3.8) is 0 Å². The highest BCUT2D eigenvalue weighted by Gasteiger charge is 2.46. The second-order valence-corrected chi connectivity index (χ2v) is 4.84. The second kappa shape index (κ2) is 7.89. The molecule has 126 valence electrons. The minimum absolute atomic E-state index is 0. The Balaban J connectivity index is 0.00000242. The maximum absolute atomic E-state index is 13.5. The summed E-state index contributed by atoms with van der Waals surface area (Å²) in [4.78, 5) is 1.43. The molecule has 0 amide bonds. The van der Waals surface area contributed by atoms with E-state index in [0.717, 1.165) is 0 Å². The van der Waals surface area contributed by atoms with E-state index >= 15 is 0 Å². The first kappa shape index (κ1) is 18.9. The molecule has 1 N–H and O–H groups in total. The predicted octanol–water partition coefficient (Wildman–Crippen LogP) is 2.63. The predicted molar refractivity (Wildman–Crippen MR) is 80.0 cm³/mol. The normalized spacial score (nSPS) is 17.5. The van der Waals surface area contributed by atoms with Crippen molar-refractivity contribution in [2.24, 2.45) is 0 Å². The van der Waals surface area contributed by atoms with E-state index < -0.39 is 12.2 Å². The van der Waals surface area contributed by atoms with Crippen LogP contribution in [0.4, 0.5) is 13.2 Å². The van der Waals surface area contributed by atoms with Crippen LogP contribution in [0.5, 0.6) is 11.5 Å². The molecule has 22 heavy (non-hydrogen) atoms. The Hall–Kier alpha value is -1.18. The molecular formula is C14H20ClF3N2O2. The maximum atomic E-state index is 13.5. The molecule has 8 heteroatoms. The third-order valence-corrected chi connectivity index (χ3v) is 3.56. The number of hydrogen-bond acceptors (Lipinski definition) is 4. The molecule has 1 aliphatic rings. The monoisotopic (exact) mass is 340 g/mol. The van der Waals surface area contributed by atoms with Crippen LogP contribution in [0.2, 0.25) is 0 Å². The smallest absolute Gasteiger partial charge is 0.408 e. The number of rotatable bonds is 4. The highest BCUT2D eigenvalue weighted by atomic mass is 35.5. The fraction of sp³-hybridized carbons (Fsp3) is 0.571. The lowest BCUT2D eigenvalue weighted by atomic mass is 10.0. The molecule has 0 aromatic heterocycles. The van der Waals surface area contributed by atoms with Gasteiger partial charge < -0.3 is 14.8 Å². The van der Waals surface area contributed by atoms with Gasteiger partial charge in [0.05, 0.1) is 14.2 Å². The fourth-order valence-corrected chi connectivity index (χ4v) is 2.56. The Kier molecular flexibility index (Phi) is 6.77. The SMILES string of the molecule is COc1ccc([C@H](N2CCNCC2)C(F)(F)F)c(OC)c1.Cl. The van der Waals surface area contributed by atoms with Gasteiger partial charge in [0.25, 0.3) is 0 Å².